The Morgan fingerprint density at radius 2 is 2.22 bits per heavy atom. The fourth-order valence-electron chi connectivity index (χ4n) is 2.20. The zero-order valence-corrected chi connectivity index (χ0v) is 13.0. The van der Waals surface area contributed by atoms with Crippen LogP contribution in [0.25, 0.3) is 5.65 Å². The maximum Gasteiger partial charge on any atom is 0.342 e. The number of imidazole rings is 1. The van der Waals surface area contributed by atoms with Crippen molar-refractivity contribution in [3.8, 4) is 6.07 Å². The molecule has 0 bridgehead atoms. The van der Waals surface area contributed by atoms with Crippen molar-refractivity contribution in [3.63, 3.8) is 0 Å². The van der Waals surface area contributed by atoms with Gasteiger partial charge in [0.15, 0.2) is 5.69 Å². The van der Waals surface area contributed by atoms with Crippen LogP contribution in [-0.2, 0) is 11.3 Å². The van der Waals surface area contributed by atoms with Crippen LogP contribution < -0.4 is 0 Å². The summed E-state index contributed by atoms with van der Waals surface area (Å²) in [5.41, 5.74) is 1.67. The Morgan fingerprint density at radius 3 is 2.96 bits per heavy atom. The maximum absolute atomic E-state index is 11.8. The van der Waals surface area contributed by atoms with Crippen LogP contribution in [0.3, 0.4) is 0 Å². The summed E-state index contributed by atoms with van der Waals surface area (Å²) in [6, 6.07) is 5.46. The molecule has 8 heteroatoms. The molecule has 3 heterocycles. The van der Waals surface area contributed by atoms with Crippen molar-refractivity contribution in [1.29, 1.82) is 5.26 Å². The van der Waals surface area contributed by atoms with E-state index in [0.29, 0.717) is 11.6 Å². The molecule has 0 saturated carbocycles. The third-order valence-electron chi connectivity index (χ3n) is 3.15. The third-order valence-corrected chi connectivity index (χ3v) is 3.38. The summed E-state index contributed by atoms with van der Waals surface area (Å²) in [4.78, 5) is 16.2. The van der Waals surface area contributed by atoms with Gasteiger partial charge in [-0.15, -0.1) is 0 Å². The van der Waals surface area contributed by atoms with Gasteiger partial charge in [-0.25, -0.2) is 9.78 Å². The first kappa shape index (κ1) is 15.1. The van der Waals surface area contributed by atoms with Crippen LogP contribution in [-0.4, -0.2) is 31.7 Å². The van der Waals surface area contributed by atoms with Gasteiger partial charge in [0.05, 0.1) is 23.9 Å². The third kappa shape index (κ3) is 3.03. The quantitative estimate of drug-likeness (QED) is 0.685. The smallest absolute Gasteiger partial charge is 0.342 e. The number of pyridine rings is 1. The Hall–Kier alpha value is -2.85. The molecule has 0 atom stereocenters. The lowest BCUT2D eigenvalue weighted by Gasteiger charge is -1.97. The van der Waals surface area contributed by atoms with Crippen molar-refractivity contribution < 1.29 is 9.53 Å². The van der Waals surface area contributed by atoms with Crippen molar-refractivity contribution in [1.82, 2.24) is 19.2 Å². The van der Waals surface area contributed by atoms with E-state index in [4.69, 9.17) is 21.6 Å². The van der Waals surface area contributed by atoms with Gasteiger partial charge in [0.25, 0.3) is 0 Å². The lowest BCUT2D eigenvalue weighted by Crippen LogP contribution is -2.05. The molecule has 0 aliphatic rings. The average molecular weight is 330 g/mol. The largest absolute Gasteiger partial charge is 0.462 e. The van der Waals surface area contributed by atoms with Gasteiger partial charge < -0.3 is 9.14 Å². The van der Waals surface area contributed by atoms with Crippen LogP contribution >= 0.6 is 11.6 Å². The first-order valence-electron chi connectivity index (χ1n) is 6.88. The number of carbonyl (C=O) groups is 1. The Bertz CT molecular complexity index is 922. The zero-order valence-electron chi connectivity index (χ0n) is 12.2. The molecule has 0 amide bonds. The molecule has 0 unspecified atom stereocenters. The number of ether oxygens (including phenoxy) is 1. The van der Waals surface area contributed by atoms with E-state index in [0.717, 1.165) is 11.3 Å². The Morgan fingerprint density at radius 1 is 1.39 bits per heavy atom. The Labute approximate surface area is 136 Å². The highest BCUT2D eigenvalue weighted by molar-refractivity contribution is 6.30. The molecule has 7 nitrogen and oxygen atoms in total. The second kappa shape index (κ2) is 6.10. The van der Waals surface area contributed by atoms with Crippen molar-refractivity contribution in [2.24, 2.45) is 0 Å². The van der Waals surface area contributed by atoms with E-state index in [1.54, 1.807) is 29.7 Å². The van der Waals surface area contributed by atoms with Crippen LogP contribution in [0.15, 0.2) is 30.7 Å². The van der Waals surface area contributed by atoms with Gasteiger partial charge in [0, 0.05) is 18.6 Å². The Balaban J connectivity index is 1.89. The number of aromatic nitrogens is 4. The van der Waals surface area contributed by atoms with Gasteiger partial charge in [-0.3, -0.25) is 4.68 Å². The summed E-state index contributed by atoms with van der Waals surface area (Å²) in [7, 11) is 0. The predicted octanol–water partition coefficient (Wildman–Crippen LogP) is 2.28. The molecular formula is C15H12ClN5O2. The normalized spacial score (nSPS) is 10.7. The molecule has 0 saturated heterocycles. The van der Waals surface area contributed by atoms with Gasteiger partial charge in [0.2, 0.25) is 0 Å². The number of carbonyl (C=O) groups excluding carboxylic acids is 1. The SMILES string of the molecule is CCOC(=O)c1cn(Cc2cn3cc(Cl)ccc3n2)nc1C#N. The number of hydrogen-bond donors (Lipinski definition) is 0. The average Bonchev–Trinajstić information content (AvgIpc) is 3.10. The number of rotatable bonds is 4. The van der Waals surface area contributed by atoms with E-state index in [1.165, 1.54) is 10.9 Å². The zero-order chi connectivity index (χ0) is 16.4. The van der Waals surface area contributed by atoms with Crippen LogP contribution in [0, 0.1) is 11.3 Å². The highest BCUT2D eigenvalue weighted by Crippen LogP contribution is 2.14. The molecule has 3 aromatic rings. The lowest BCUT2D eigenvalue weighted by molar-refractivity contribution is 0.0526. The summed E-state index contributed by atoms with van der Waals surface area (Å²) in [6.07, 6.45) is 5.06. The number of fused-ring (bicyclic) bond motifs is 1. The molecule has 116 valence electrons. The summed E-state index contributed by atoms with van der Waals surface area (Å²) >= 11 is 5.94. The van der Waals surface area contributed by atoms with E-state index in [1.807, 2.05) is 12.3 Å². The molecule has 0 spiro atoms. The van der Waals surface area contributed by atoms with E-state index in [-0.39, 0.29) is 17.9 Å². The molecule has 0 fully saturated rings. The van der Waals surface area contributed by atoms with Gasteiger partial charge in [-0.2, -0.15) is 10.4 Å². The van der Waals surface area contributed by atoms with Gasteiger partial charge in [-0.05, 0) is 19.1 Å². The van der Waals surface area contributed by atoms with Crippen LogP contribution in [0.2, 0.25) is 5.02 Å². The lowest BCUT2D eigenvalue weighted by atomic mass is 10.3. The molecule has 0 N–H and O–H groups in total. The summed E-state index contributed by atoms with van der Waals surface area (Å²) in [5, 5.41) is 13.8. The maximum atomic E-state index is 11.8. The topological polar surface area (TPSA) is 85.2 Å². The van der Waals surface area contributed by atoms with Gasteiger partial charge in [-0.1, -0.05) is 11.6 Å². The molecule has 0 aliphatic heterocycles. The number of nitriles is 1. The summed E-state index contributed by atoms with van der Waals surface area (Å²) in [6.45, 7) is 2.27. The van der Waals surface area contributed by atoms with E-state index in [2.05, 4.69) is 10.1 Å². The van der Waals surface area contributed by atoms with Crippen LogP contribution in [0.5, 0.6) is 0 Å². The van der Waals surface area contributed by atoms with E-state index in [9.17, 15) is 4.79 Å². The van der Waals surface area contributed by atoms with Crippen LogP contribution in [0.4, 0.5) is 0 Å². The van der Waals surface area contributed by atoms with E-state index >= 15 is 0 Å². The molecule has 0 aliphatic carbocycles. The minimum Gasteiger partial charge on any atom is -0.462 e. The van der Waals surface area contributed by atoms with Crippen molar-refractivity contribution in [3.05, 3.63) is 52.7 Å². The summed E-state index contributed by atoms with van der Waals surface area (Å²) < 4.78 is 8.22. The molecule has 0 aromatic carbocycles. The predicted molar refractivity (Wildman–Crippen MR) is 82.2 cm³/mol. The van der Waals surface area contributed by atoms with E-state index < -0.39 is 5.97 Å². The standard InChI is InChI=1S/C15H12ClN5O2/c1-2-23-15(22)12-9-21(19-13(12)5-17)8-11-7-20-6-10(16)3-4-14(20)18-11/h3-4,6-7,9H,2,8H2,1H3. The molecule has 0 radical (unpaired) electrons. The monoisotopic (exact) mass is 329 g/mol. The summed E-state index contributed by atoms with van der Waals surface area (Å²) in [5.74, 6) is -0.558. The minimum absolute atomic E-state index is 0.0373. The van der Waals surface area contributed by atoms with Crippen molar-refractivity contribution in [2.75, 3.05) is 6.61 Å². The number of halogens is 1. The Kier molecular flexibility index (Phi) is 4.00. The second-order valence-electron chi connectivity index (χ2n) is 4.77. The van der Waals surface area contributed by atoms with Crippen molar-refractivity contribution in [2.45, 2.75) is 13.5 Å². The number of nitrogens with zero attached hydrogens (tertiary/aromatic N) is 5. The molecule has 3 rings (SSSR count). The van der Waals surface area contributed by atoms with Gasteiger partial charge in [0.1, 0.15) is 17.3 Å². The molecule has 3 aromatic heterocycles. The highest BCUT2D eigenvalue weighted by atomic mass is 35.5. The number of hydrogen-bond acceptors (Lipinski definition) is 5. The molecule has 23 heavy (non-hydrogen) atoms. The van der Waals surface area contributed by atoms with Gasteiger partial charge >= 0.3 is 5.97 Å². The van der Waals surface area contributed by atoms with Crippen LogP contribution in [0.1, 0.15) is 28.7 Å². The van der Waals surface area contributed by atoms with Crippen molar-refractivity contribution >= 4 is 23.2 Å². The fourth-order valence-corrected chi connectivity index (χ4v) is 2.37. The number of esters is 1. The first-order chi connectivity index (χ1) is 11.1. The second-order valence-corrected chi connectivity index (χ2v) is 5.20. The minimum atomic E-state index is -0.558. The molecular weight excluding hydrogens is 318 g/mol. The highest BCUT2D eigenvalue weighted by Gasteiger charge is 2.17. The fraction of sp³-hybridized carbons (Fsp3) is 0.200. The first-order valence-corrected chi connectivity index (χ1v) is 7.26.